The van der Waals surface area contributed by atoms with Crippen LogP contribution in [0.4, 0.5) is 10.7 Å². The molecule has 0 aliphatic carbocycles. The van der Waals surface area contributed by atoms with Gasteiger partial charge in [0.2, 0.25) is 0 Å². The lowest BCUT2D eigenvalue weighted by molar-refractivity contribution is 0.244. The predicted molar refractivity (Wildman–Crippen MR) is 89.0 cm³/mol. The Bertz CT molecular complexity index is 551. The van der Waals surface area contributed by atoms with Crippen LogP contribution in [0.25, 0.3) is 0 Å². The number of thiophene rings is 1. The van der Waals surface area contributed by atoms with Crippen LogP contribution in [0.3, 0.4) is 0 Å². The average molecular weight is 307 g/mol. The second-order valence-corrected chi connectivity index (χ2v) is 8.05. The van der Waals surface area contributed by atoms with Gasteiger partial charge in [-0.3, -0.25) is 0 Å². The van der Waals surface area contributed by atoms with Crippen molar-refractivity contribution in [2.24, 2.45) is 11.3 Å². The first-order valence-corrected chi connectivity index (χ1v) is 8.29. The SMILES string of the molecule is CC(C)Oc1c(N2CCC(C(C)(C)C)C2)sc(C#N)c1N. The largest absolute Gasteiger partial charge is 0.486 e. The Labute approximate surface area is 131 Å². The number of rotatable bonds is 3. The summed E-state index contributed by atoms with van der Waals surface area (Å²) in [6.07, 6.45) is 1.22. The summed E-state index contributed by atoms with van der Waals surface area (Å²) in [4.78, 5) is 2.88. The number of nitrogen functional groups attached to an aromatic ring is 1. The predicted octanol–water partition coefficient (Wildman–Crippen LogP) is 3.86. The van der Waals surface area contributed by atoms with E-state index >= 15 is 0 Å². The van der Waals surface area contributed by atoms with E-state index in [2.05, 4.69) is 31.7 Å². The van der Waals surface area contributed by atoms with Crippen molar-refractivity contribution < 1.29 is 4.74 Å². The lowest BCUT2D eigenvalue weighted by Crippen LogP contribution is -2.25. The van der Waals surface area contributed by atoms with Crippen LogP contribution in [-0.4, -0.2) is 19.2 Å². The third kappa shape index (κ3) is 3.26. The quantitative estimate of drug-likeness (QED) is 0.921. The molecule has 1 aromatic rings. The van der Waals surface area contributed by atoms with Crippen molar-refractivity contribution >= 4 is 22.0 Å². The Morgan fingerprint density at radius 3 is 2.57 bits per heavy atom. The van der Waals surface area contributed by atoms with Gasteiger partial charge in [-0.1, -0.05) is 20.8 Å². The lowest BCUT2D eigenvalue weighted by atomic mass is 9.80. The van der Waals surface area contributed by atoms with Crippen molar-refractivity contribution in [1.29, 1.82) is 5.26 Å². The first-order valence-electron chi connectivity index (χ1n) is 7.48. The fraction of sp³-hybridized carbons (Fsp3) is 0.688. The number of nitrogens with zero attached hydrogens (tertiary/aromatic N) is 2. The van der Waals surface area contributed by atoms with E-state index in [-0.39, 0.29) is 6.10 Å². The maximum atomic E-state index is 9.22. The lowest BCUT2D eigenvalue weighted by Gasteiger charge is -2.27. The average Bonchev–Trinajstić information content (AvgIpc) is 2.95. The molecule has 1 fully saturated rings. The highest BCUT2D eigenvalue weighted by molar-refractivity contribution is 7.17. The highest BCUT2D eigenvalue weighted by Crippen LogP contribution is 2.47. The standard InChI is InChI=1S/C16H25N3OS/c1-10(2)20-14-13(18)12(8-17)21-15(14)19-7-6-11(9-19)16(3,4)5/h10-11H,6-7,9,18H2,1-5H3. The zero-order valence-corrected chi connectivity index (χ0v) is 14.4. The Balaban J connectivity index is 2.30. The molecule has 2 heterocycles. The topological polar surface area (TPSA) is 62.3 Å². The molecule has 0 aromatic carbocycles. The Morgan fingerprint density at radius 1 is 1.43 bits per heavy atom. The third-order valence-electron chi connectivity index (χ3n) is 4.04. The minimum atomic E-state index is 0.0493. The minimum Gasteiger partial charge on any atom is -0.486 e. The van der Waals surface area contributed by atoms with Crippen molar-refractivity contribution in [2.75, 3.05) is 23.7 Å². The highest BCUT2D eigenvalue weighted by Gasteiger charge is 2.34. The summed E-state index contributed by atoms with van der Waals surface area (Å²) in [5.41, 5.74) is 6.88. The summed E-state index contributed by atoms with van der Waals surface area (Å²) < 4.78 is 5.88. The molecule has 1 aromatic heterocycles. The van der Waals surface area contributed by atoms with E-state index in [0.29, 0.717) is 27.6 Å². The molecule has 0 bridgehead atoms. The summed E-state index contributed by atoms with van der Waals surface area (Å²) >= 11 is 1.45. The molecule has 0 saturated carbocycles. The van der Waals surface area contributed by atoms with Crippen LogP contribution in [0.2, 0.25) is 0 Å². The number of hydrogen-bond acceptors (Lipinski definition) is 5. The Morgan fingerprint density at radius 2 is 2.10 bits per heavy atom. The molecule has 1 aliphatic rings. The molecule has 5 heteroatoms. The normalized spacial score (nSPS) is 19.1. The minimum absolute atomic E-state index is 0.0493. The van der Waals surface area contributed by atoms with Gasteiger partial charge < -0.3 is 15.4 Å². The first kappa shape index (κ1) is 16.0. The van der Waals surface area contributed by atoms with E-state index in [1.54, 1.807) is 0 Å². The molecule has 4 nitrogen and oxygen atoms in total. The Hall–Kier alpha value is -1.41. The van der Waals surface area contributed by atoms with Crippen molar-refractivity contribution in [3.8, 4) is 11.8 Å². The molecule has 1 unspecified atom stereocenters. The molecule has 0 amide bonds. The van der Waals surface area contributed by atoms with Gasteiger partial charge in [0, 0.05) is 13.1 Å². The zero-order valence-electron chi connectivity index (χ0n) is 13.6. The number of nitriles is 1. The maximum absolute atomic E-state index is 9.22. The maximum Gasteiger partial charge on any atom is 0.178 e. The summed E-state index contributed by atoms with van der Waals surface area (Å²) in [5, 5.41) is 10.2. The number of ether oxygens (including phenoxy) is 1. The van der Waals surface area contributed by atoms with Gasteiger partial charge in [0.15, 0.2) is 5.75 Å². The zero-order chi connectivity index (χ0) is 15.8. The monoisotopic (exact) mass is 307 g/mol. The van der Waals surface area contributed by atoms with E-state index in [9.17, 15) is 5.26 Å². The van der Waals surface area contributed by atoms with Gasteiger partial charge in [-0.2, -0.15) is 5.26 Å². The molecular formula is C16H25N3OS. The van der Waals surface area contributed by atoms with Crippen LogP contribution < -0.4 is 15.4 Å². The van der Waals surface area contributed by atoms with E-state index in [4.69, 9.17) is 10.5 Å². The van der Waals surface area contributed by atoms with Crippen LogP contribution in [-0.2, 0) is 0 Å². The van der Waals surface area contributed by atoms with E-state index in [0.717, 1.165) is 18.1 Å². The molecule has 0 radical (unpaired) electrons. The van der Waals surface area contributed by atoms with Gasteiger partial charge in [0.1, 0.15) is 21.6 Å². The number of hydrogen-bond donors (Lipinski definition) is 1. The van der Waals surface area contributed by atoms with E-state index < -0.39 is 0 Å². The van der Waals surface area contributed by atoms with Crippen molar-refractivity contribution in [2.45, 2.75) is 47.1 Å². The second-order valence-electron chi connectivity index (χ2n) is 7.06. The van der Waals surface area contributed by atoms with Crippen molar-refractivity contribution in [3.63, 3.8) is 0 Å². The molecular weight excluding hydrogens is 282 g/mol. The van der Waals surface area contributed by atoms with Crippen molar-refractivity contribution in [3.05, 3.63) is 4.88 Å². The van der Waals surface area contributed by atoms with Crippen LogP contribution in [0.1, 0.15) is 45.9 Å². The summed E-state index contributed by atoms with van der Waals surface area (Å²) in [6, 6.07) is 2.18. The highest BCUT2D eigenvalue weighted by atomic mass is 32.1. The molecule has 0 spiro atoms. The van der Waals surface area contributed by atoms with Gasteiger partial charge in [0.05, 0.1) is 6.10 Å². The molecule has 1 saturated heterocycles. The van der Waals surface area contributed by atoms with Gasteiger partial charge in [-0.25, -0.2) is 0 Å². The van der Waals surface area contributed by atoms with Crippen LogP contribution in [0.5, 0.6) is 5.75 Å². The molecule has 1 aliphatic heterocycles. The van der Waals surface area contributed by atoms with E-state index in [1.165, 1.54) is 17.8 Å². The molecule has 2 rings (SSSR count). The summed E-state index contributed by atoms with van der Waals surface area (Å²) in [6.45, 7) is 12.8. The molecule has 2 N–H and O–H groups in total. The van der Waals surface area contributed by atoms with E-state index in [1.807, 2.05) is 13.8 Å². The molecule has 21 heavy (non-hydrogen) atoms. The van der Waals surface area contributed by atoms with Crippen LogP contribution in [0, 0.1) is 22.7 Å². The van der Waals surface area contributed by atoms with Gasteiger partial charge in [-0.05, 0) is 31.6 Å². The van der Waals surface area contributed by atoms with Gasteiger partial charge >= 0.3 is 0 Å². The molecule has 1 atom stereocenters. The fourth-order valence-corrected chi connectivity index (χ4v) is 3.70. The number of anilines is 2. The third-order valence-corrected chi connectivity index (χ3v) is 5.19. The van der Waals surface area contributed by atoms with Crippen molar-refractivity contribution in [1.82, 2.24) is 0 Å². The first-order chi connectivity index (χ1) is 9.74. The van der Waals surface area contributed by atoms with Gasteiger partial charge in [-0.15, -0.1) is 11.3 Å². The summed E-state index contributed by atoms with van der Waals surface area (Å²) in [5.74, 6) is 1.35. The fourth-order valence-electron chi connectivity index (χ4n) is 2.71. The second kappa shape index (κ2) is 5.76. The molecule has 116 valence electrons. The summed E-state index contributed by atoms with van der Waals surface area (Å²) in [7, 11) is 0. The van der Waals surface area contributed by atoms with Crippen LogP contribution in [0.15, 0.2) is 0 Å². The number of nitrogens with two attached hydrogens (primary N) is 1. The smallest absolute Gasteiger partial charge is 0.178 e. The van der Waals surface area contributed by atoms with Gasteiger partial charge in [0.25, 0.3) is 0 Å². The Kier molecular flexibility index (Phi) is 4.38. The van der Waals surface area contributed by atoms with Crippen LogP contribution >= 0.6 is 11.3 Å².